The smallest absolute Gasteiger partial charge is 0.311 e. The SMILES string of the molecule is C=CCOC(=O)[C@@H]1[C@@H]2CCC3(S2)C(C(=O)N(CC=C)C(C)(C)CC(C)(C)C)N(CCCCCCO)C(=O)[C@H]13. The maximum Gasteiger partial charge on any atom is 0.311 e. The molecule has 0 aromatic rings. The minimum atomic E-state index is -0.626. The Morgan fingerprint density at radius 3 is 2.45 bits per heavy atom. The fraction of sp³-hybridized carbons (Fsp3) is 0.767. The van der Waals surface area contributed by atoms with E-state index in [1.807, 2.05) is 4.90 Å². The van der Waals surface area contributed by atoms with Crippen molar-refractivity contribution in [2.24, 2.45) is 17.3 Å². The van der Waals surface area contributed by atoms with Crippen LogP contribution in [0.15, 0.2) is 25.3 Å². The fourth-order valence-electron chi connectivity index (χ4n) is 7.23. The first-order valence-electron chi connectivity index (χ1n) is 14.1. The summed E-state index contributed by atoms with van der Waals surface area (Å²) in [5.74, 6) is -1.57. The highest BCUT2D eigenvalue weighted by Gasteiger charge is 2.74. The molecule has 2 unspecified atom stereocenters. The standard InChI is InChI=1S/C30H48N2O5S/c1-8-16-32(29(6,7)20-28(3,4)5)26(35)24-30-15-14-21(38-30)22(27(36)37-19-9-2)23(30)25(34)31(24)17-12-10-11-13-18-33/h8-9,21-24,33H,1-2,10-20H2,3-7H3/t21-,22+,23-,24?,30?/m0/s1. The number of nitrogens with zero attached hydrogens (tertiary/aromatic N) is 2. The molecule has 214 valence electrons. The summed E-state index contributed by atoms with van der Waals surface area (Å²) in [5.41, 5.74) is -0.444. The largest absolute Gasteiger partial charge is 0.461 e. The van der Waals surface area contributed by atoms with E-state index in [2.05, 4.69) is 47.8 Å². The van der Waals surface area contributed by atoms with Gasteiger partial charge in [-0.15, -0.1) is 18.3 Å². The van der Waals surface area contributed by atoms with Crippen LogP contribution in [0.4, 0.5) is 0 Å². The molecule has 7 nitrogen and oxygen atoms in total. The fourth-order valence-corrected chi connectivity index (χ4v) is 9.43. The van der Waals surface area contributed by atoms with Crippen molar-refractivity contribution in [3.05, 3.63) is 25.3 Å². The van der Waals surface area contributed by atoms with E-state index < -0.39 is 28.2 Å². The van der Waals surface area contributed by atoms with Gasteiger partial charge in [0, 0.05) is 30.5 Å². The number of rotatable bonds is 14. The lowest BCUT2D eigenvalue weighted by Gasteiger charge is -2.46. The van der Waals surface area contributed by atoms with Crippen molar-refractivity contribution >= 4 is 29.5 Å². The average Bonchev–Trinajstić information content (AvgIpc) is 3.46. The second-order valence-electron chi connectivity index (χ2n) is 12.9. The van der Waals surface area contributed by atoms with E-state index >= 15 is 0 Å². The van der Waals surface area contributed by atoms with Crippen LogP contribution in [0.3, 0.4) is 0 Å². The Morgan fingerprint density at radius 2 is 1.84 bits per heavy atom. The molecule has 0 aromatic carbocycles. The molecular weight excluding hydrogens is 500 g/mol. The molecule has 3 saturated heterocycles. The van der Waals surface area contributed by atoms with Crippen molar-refractivity contribution in [1.29, 1.82) is 0 Å². The van der Waals surface area contributed by atoms with E-state index in [0.29, 0.717) is 13.1 Å². The Hall–Kier alpha value is -1.80. The van der Waals surface area contributed by atoms with Gasteiger partial charge in [0.15, 0.2) is 0 Å². The highest BCUT2D eigenvalue weighted by molar-refractivity contribution is 8.02. The number of hydrogen-bond donors (Lipinski definition) is 1. The molecule has 3 aliphatic rings. The zero-order valence-corrected chi connectivity index (χ0v) is 24.9. The van der Waals surface area contributed by atoms with Gasteiger partial charge in [0.05, 0.1) is 16.6 Å². The summed E-state index contributed by atoms with van der Waals surface area (Å²) in [6.07, 6.45) is 8.87. The third kappa shape index (κ3) is 6.01. The number of esters is 1. The molecule has 8 heteroatoms. The topological polar surface area (TPSA) is 87.2 Å². The number of fused-ring (bicyclic) bond motifs is 1. The molecule has 3 aliphatic heterocycles. The van der Waals surface area contributed by atoms with Gasteiger partial charge in [-0.05, 0) is 51.4 Å². The second kappa shape index (κ2) is 12.2. The molecule has 3 heterocycles. The van der Waals surface area contributed by atoms with E-state index in [4.69, 9.17) is 9.84 Å². The van der Waals surface area contributed by atoms with Crippen molar-refractivity contribution < 1.29 is 24.2 Å². The van der Waals surface area contributed by atoms with Crippen LogP contribution in [0, 0.1) is 17.3 Å². The number of ether oxygens (including phenoxy) is 1. The number of hydrogen-bond acceptors (Lipinski definition) is 6. The molecular formula is C30H48N2O5S. The summed E-state index contributed by atoms with van der Waals surface area (Å²) in [5, 5.41) is 9.13. The zero-order chi connectivity index (χ0) is 28.3. The van der Waals surface area contributed by atoms with Crippen LogP contribution >= 0.6 is 11.8 Å². The quantitative estimate of drug-likeness (QED) is 0.194. The molecule has 0 saturated carbocycles. The van der Waals surface area contributed by atoms with E-state index in [1.165, 1.54) is 0 Å². The van der Waals surface area contributed by atoms with Crippen LogP contribution in [0.2, 0.25) is 0 Å². The molecule has 1 N–H and O–H groups in total. The highest BCUT2D eigenvalue weighted by atomic mass is 32.2. The summed E-state index contributed by atoms with van der Waals surface area (Å²) in [4.78, 5) is 45.6. The first-order valence-corrected chi connectivity index (χ1v) is 15.0. The summed E-state index contributed by atoms with van der Waals surface area (Å²) >= 11 is 1.67. The highest BCUT2D eigenvalue weighted by Crippen LogP contribution is 2.66. The third-order valence-electron chi connectivity index (χ3n) is 8.23. The van der Waals surface area contributed by atoms with Gasteiger partial charge in [0.25, 0.3) is 0 Å². The molecule has 0 aromatic heterocycles. The molecule has 3 rings (SSSR count). The Bertz CT molecular complexity index is 913. The van der Waals surface area contributed by atoms with Gasteiger partial charge < -0.3 is 19.6 Å². The van der Waals surface area contributed by atoms with E-state index in [-0.39, 0.29) is 41.7 Å². The van der Waals surface area contributed by atoms with Crippen molar-refractivity contribution in [2.45, 2.75) is 101 Å². The predicted octanol–water partition coefficient (Wildman–Crippen LogP) is 4.59. The number of aliphatic hydroxyl groups excluding tert-OH is 1. The van der Waals surface area contributed by atoms with Gasteiger partial charge in [-0.25, -0.2) is 0 Å². The number of amides is 2. The monoisotopic (exact) mass is 548 g/mol. The van der Waals surface area contributed by atoms with E-state index in [0.717, 1.165) is 44.9 Å². The van der Waals surface area contributed by atoms with Crippen molar-refractivity contribution in [3.63, 3.8) is 0 Å². The molecule has 2 amide bonds. The summed E-state index contributed by atoms with van der Waals surface area (Å²) in [7, 11) is 0. The van der Waals surface area contributed by atoms with Crippen LogP contribution in [0.1, 0.15) is 79.6 Å². The van der Waals surface area contributed by atoms with E-state index in [9.17, 15) is 14.4 Å². The lowest BCUT2D eigenvalue weighted by molar-refractivity contribution is -0.153. The van der Waals surface area contributed by atoms with E-state index in [1.54, 1.807) is 28.8 Å². The molecule has 38 heavy (non-hydrogen) atoms. The Labute approximate surface area is 233 Å². The number of carbonyl (C=O) groups excluding carboxylic acids is 3. The van der Waals surface area contributed by atoms with Crippen molar-refractivity contribution in [3.8, 4) is 0 Å². The first-order chi connectivity index (χ1) is 17.8. The van der Waals surface area contributed by atoms with Crippen LogP contribution < -0.4 is 0 Å². The second-order valence-corrected chi connectivity index (χ2v) is 14.5. The Balaban J connectivity index is 1.99. The van der Waals surface area contributed by atoms with Crippen LogP contribution in [-0.4, -0.2) is 80.6 Å². The maximum absolute atomic E-state index is 14.6. The molecule has 5 atom stereocenters. The first kappa shape index (κ1) is 30.7. The minimum absolute atomic E-state index is 0.00246. The van der Waals surface area contributed by atoms with Gasteiger partial charge in [-0.3, -0.25) is 14.4 Å². The van der Waals surface area contributed by atoms with Crippen LogP contribution in [0.25, 0.3) is 0 Å². The molecule has 1 spiro atoms. The van der Waals surface area contributed by atoms with Gasteiger partial charge in [0.2, 0.25) is 11.8 Å². The lowest BCUT2D eigenvalue weighted by Crippen LogP contribution is -2.60. The number of carbonyl (C=O) groups is 3. The molecule has 0 radical (unpaired) electrons. The minimum Gasteiger partial charge on any atom is -0.461 e. The predicted molar refractivity (Wildman–Crippen MR) is 153 cm³/mol. The summed E-state index contributed by atoms with van der Waals surface area (Å²) in [6, 6.07) is -0.621. The number of aliphatic hydroxyl groups is 1. The number of thioether (sulfide) groups is 1. The van der Waals surface area contributed by atoms with Crippen LogP contribution in [0.5, 0.6) is 0 Å². The van der Waals surface area contributed by atoms with Crippen molar-refractivity contribution in [1.82, 2.24) is 9.80 Å². The van der Waals surface area contributed by atoms with Gasteiger partial charge >= 0.3 is 5.97 Å². The summed E-state index contributed by atoms with van der Waals surface area (Å²) < 4.78 is 4.83. The van der Waals surface area contributed by atoms with Gasteiger partial charge in [0.1, 0.15) is 12.6 Å². The van der Waals surface area contributed by atoms with Gasteiger partial charge in [-0.2, -0.15) is 0 Å². The lowest BCUT2D eigenvalue weighted by atomic mass is 9.71. The van der Waals surface area contributed by atoms with Crippen molar-refractivity contribution in [2.75, 3.05) is 26.3 Å². The third-order valence-corrected chi connectivity index (χ3v) is 10.2. The Kier molecular flexibility index (Phi) is 9.83. The summed E-state index contributed by atoms with van der Waals surface area (Å²) in [6.45, 7) is 19.4. The Morgan fingerprint density at radius 1 is 1.16 bits per heavy atom. The molecule has 2 bridgehead atoms. The maximum atomic E-state index is 14.6. The molecule has 3 fully saturated rings. The zero-order valence-electron chi connectivity index (χ0n) is 24.0. The normalized spacial score (nSPS) is 28.4. The average molecular weight is 549 g/mol. The van der Waals surface area contributed by atoms with Gasteiger partial charge in [-0.1, -0.05) is 52.3 Å². The molecule has 0 aliphatic carbocycles. The van der Waals surface area contributed by atoms with Crippen LogP contribution in [-0.2, 0) is 19.1 Å². The number of unbranched alkanes of at least 4 members (excludes halogenated alkanes) is 3. The number of likely N-dealkylation sites (tertiary alicyclic amines) is 1.